The normalized spacial score (nSPS) is 11.1. The van der Waals surface area contributed by atoms with Crippen LogP contribution in [0.5, 0.6) is 11.5 Å². The Kier molecular flexibility index (Phi) is 4.78. The van der Waals surface area contributed by atoms with Gasteiger partial charge in [-0.15, -0.1) is 0 Å². The highest BCUT2D eigenvalue weighted by molar-refractivity contribution is 6.09. The molecule has 0 fully saturated rings. The number of hydrogen-bond acceptors (Lipinski definition) is 3. The number of aryl methyl sites for hydroxylation is 1. The van der Waals surface area contributed by atoms with Crippen molar-refractivity contribution in [1.29, 1.82) is 0 Å². The molecule has 7 heteroatoms. The Morgan fingerprint density at radius 3 is 2.69 bits per heavy atom. The molecule has 5 nitrogen and oxygen atoms in total. The second-order valence-corrected chi connectivity index (χ2v) is 7.38. The molecular formula is C25H17F2N3O2. The number of nitrogens with one attached hydrogen (secondary N) is 1. The molecule has 158 valence electrons. The summed E-state index contributed by atoms with van der Waals surface area (Å²) in [6.07, 6.45) is 3.17. The van der Waals surface area contributed by atoms with Gasteiger partial charge in [-0.05, 0) is 55.0 Å². The molecule has 0 saturated heterocycles. The molecule has 0 bridgehead atoms. The first-order chi connectivity index (χ1) is 15.5. The molecule has 2 heterocycles. The van der Waals surface area contributed by atoms with Crippen molar-refractivity contribution in [3.05, 3.63) is 108 Å². The Bertz CT molecular complexity index is 1440. The quantitative estimate of drug-likeness (QED) is 0.351. The molecule has 5 aromatic rings. The first-order valence-electron chi connectivity index (χ1n) is 9.89. The Morgan fingerprint density at radius 1 is 1.03 bits per heavy atom. The number of ketones is 1. The zero-order valence-electron chi connectivity index (χ0n) is 17.0. The SMILES string of the molecule is Cc1cc(Oc2cccc(F)c2F)ccc1-n1cc(C(=O)c2cc3ccccc3[nH]2)cn1. The fourth-order valence-electron chi connectivity index (χ4n) is 3.56. The van der Waals surface area contributed by atoms with E-state index in [4.69, 9.17) is 4.74 Å². The van der Waals surface area contributed by atoms with Crippen LogP contribution < -0.4 is 4.74 Å². The summed E-state index contributed by atoms with van der Waals surface area (Å²) < 4.78 is 34.4. The third-order valence-corrected chi connectivity index (χ3v) is 5.18. The van der Waals surface area contributed by atoms with Gasteiger partial charge in [0.05, 0.1) is 23.1 Å². The summed E-state index contributed by atoms with van der Waals surface area (Å²) in [6.45, 7) is 1.84. The molecule has 5 rings (SSSR count). The van der Waals surface area contributed by atoms with E-state index < -0.39 is 11.6 Å². The highest BCUT2D eigenvalue weighted by Gasteiger charge is 2.16. The van der Waals surface area contributed by atoms with Gasteiger partial charge >= 0.3 is 0 Å². The number of halogens is 2. The lowest BCUT2D eigenvalue weighted by atomic mass is 10.1. The highest BCUT2D eigenvalue weighted by atomic mass is 19.2. The first-order valence-corrected chi connectivity index (χ1v) is 9.89. The number of aromatic amines is 1. The molecule has 0 amide bonds. The van der Waals surface area contributed by atoms with E-state index >= 15 is 0 Å². The van der Waals surface area contributed by atoms with Crippen molar-refractivity contribution in [3.63, 3.8) is 0 Å². The Labute approximate surface area is 181 Å². The Morgan fingerprint density at radius 2 is 1.88 bits per heavy atom. The van der Waals surface area contributed by atoms with E-state index in [1.54, 1.807) is 29.1 Å². The van der Waals surface area contributed by atoms with Gasteiger partial charge in [0.15, 0.2) is 11.6 Å². The summed E-state index contributed by atoms with van der Waals surface area (Å²) in [4.78, 5) is 16.0. The molecule has 0 radical (unpaired) electrons. The number of para-hydroxylation sites is 1. The summed E-state index contributed by atoms with van der Waals surface area (Å²) in [7, 11) is 0. The van der Waals surface area contributed by atoms with Crippen molar-refractivity contribution < 1.29 is 18.3 Å². The molecule has 0 aliphatic heterocycles. The Hall–Kier alpha value is -4.26. The minimum absolute atomic E-state index is 0.161. The van der Waals surface area contributed by atoms with E-state index in [2.05, 4.69) is 10.1 Å². The second-order valence-electron chi connectivity index (χ2n) is 7.38. The Balaban J connectivity index is 1.40. The summed E-state index contributed by atoms with van der Waals surface area (Å²) in [6, 6.07) is 18.3. The number of carbonyl (C=O) groups excluding carboxylic acids is 1. The van der Waals surface area contributed by atoms with Crippen LogP contribution in [0.1, 0.15) is 21.6 Å². The predicted molar refractivity (Wildman–Crippen MR) is 116 cm³/mol. The number of fused-ring (bicyclic) bond motifs is 1. The molecule has 0 aliphatic carbocycles. The van der Waals surface area contributed by atoms with E-state index in [9.17, 15) is 13.6 Å². The van der Waals surface area contributed by atoms with Crippen molar-refractivity contribution in [1.82, 2.24) is 14.8 Å². The first kappa shape index (κ1) is 19.7. The second kappa shape index (κ2) is 7.77. The molecule has 0 aliphatic rings. The van der Waals surface area contributed by atoms with Crippen LogP contribution in [0.2, 0.25) is 0 Å². The van der Waals surface area contributed by atoms with Crippen LogP contribution in [0.4, 0.5) is 8.78 Å². The van der Waals surface area contributed by atoms with Crippen LogP contribution in [-0.2, 0) is 0 Å². The standard InChI is InChI=1S/C25H17F2N3O2/c1-15-11-18(32-23-8-4-6-19(26)24(23)27)9-10-22(15)30-14-17(13-28-30)25(31)21-12-16-5-2-3-7-20(16)29-21/h2-14,29H,1H3. The van der Waals surface area contributed by atoms with Gasteiger partial charge < -0.3 is 9.72 Å². The minimum atomic E-state index is -1.04. The molecular weight excluding hydrogens is 412 g/mol. The molecule has 1 N–H and O–H groups in total. The molecule has 2 aromatic heterocycles. The average Bonchev–Trinajstić information content (AvgIpc) is 3.44. The van der Waals surface area contributed by atoms with E-state index in [0.29, 0.717) is 17.0 Å². The van der Waals surface area contributed by atoms with Crippen molar-refractivity contribution >= 4 is 16.7 Å². The average molecular weight is 429 g/mol. The number of carbonyl (C=O) groups is 1. The number of ether oxygens (including phenoxy) is 1. The smallest absolute Gasteiger partial charge is 0.212 e. The van der Waals surface area contributed by atoms with Gasteiger partial charge in [-0.2, -0.15) is 9.49 Å². The van der Waals surface area contributed by atoms with Gasteiger partial charge in [0.1, 0.15) is 5.75 Å². The fraction of sp³-hybridized carbons (Fsp3) is 0.0400. The van der Waals surface area contributed by atoms with Crippen molar-refractivity contribution in [2.45, 2.75) is 6.92 Å². The van der Waals surface area contributed by atoms with Crippen LogP contribution >= 0.6 is 0 Å². The van der Waals surface area contributed by atoms with Gasteiger partial charge in [0.2, 0.25) is 11.6 Å². The lowest BCUT2D eigenvalue weighted by molar-refractivity contribution is 0.103. The molecule has 0 saturated carbocycles. The number of hydrogen-bond donors (Lipinski definition) is 1. The molecule has 0 atom stereocenters. The lowest BCUT2D eigenvalue weighted by Crippen LogP contribution is -2.01. The summed E-state index contributed by atoms with van der Waals surface area (Å²) in [5, 5.41) is 5.28. The van der Waals surface area contributed by atoms with Crippen LogP contribution in [0.15, 0.2) is 79.1 Å². The maximum Gasteiger partial charge on any atom is 0.212 e. The minimum Gasteiger partial charge on any atom is -0.454 e. The number of benzene rings is 3. The van der Waals surface area contributed by atoms with Gasteiger partial charge in [-0.3, -0.25) is 4.79 Å². The highest BCUT2D eigenvalue weighted by Crippen LogP contribution is 2.28. The van der Waals surface area contributed by atoms with Crippen LogP contribution in [0, 0.1) is 18.6 Å². The summed E-state index contributed by atoms with van der Waals surface area (Å²) in [5.74, 6) is -2.01. The predicted octanol–water partition coefficient (Wildman–Crippen LogP) is 5.96. The number of aromatic nitrogens is 3. The maximum absolute atomic E-state index is 13.9. The molecule has 0 unspecified atom stereocenters. The largest absolute Gasteiger partial charge is 0.454 e. The van der Waals surface area contributed by atoms with Gasteiger partial charge in [-0.25, -0.2) is 9.07 Å². The van der Waals surface area contributed by atoms with Gasteiger partial charge in [-0.1, -0.05) is 24.3 Å². The van der Waals surface area contributed by atoms with E-state index in [1.165, 1.54) is 18.3 Å². The van der Waals surface area contributed by atoms with Gasteiger partial charge in [0.25, 0.3) is 0 Å². The summed E-state index contributed by atoms with van der Waals surface area (Å²) >= 11 is 0. The molecule has 0 spiro atoms. The van der Waals surface area contributed by atoms with Crippen molar-refractivity contribution in [2.24, 2.45) is 0 Å². The zero-order valence-corrected chi connectivity index (χ0v) is 17.0. The van der Waals surface area contributed by atoms with E-state index in [0.717, 1.165) is 28.2 Å². The van der Waals surface area contributed by atoms with E-state index in [-0.39, 0.29) is 11.5 Å². The van der Waals surface area contributed by atoms with Gasteiger partial charge in [0, 0.05) is 17.1 Å². The topological polar surface area (TPSA) is 59.9 Å². The van der Waals surface area contributed by atoms with E-state index in [1.807, 2.05) is 37.3 Å². The molecule has 32 heavy (non-hydrogen) atoms. The third-order valence-electron chi connectivity index (χ3n) is 5.18. The fourth-order valence-corrected chi connectivity index (χ4v) is 3.56. The number of nitrogens with zero attached hydrogens (tertiary/aromatic N) is 2. The maximum atomic E-state index is 13.9. The number of H-pyrrole nitrogens is 1. The number of rotatable bonds is 5. The third kappa shape index (κ3) is 3.54. The molecule has 3 aromatic carbocycles. The monoisotopic (exact) mass is 429 g/mol. The van der Waals surface area contributed by atoms with Crippen molar-refractivity contribution in [2.75, 3.05) is 0 Å². The summed E-state index contributed by atoms with van der Waals surface area (Å²) in [5.41, 5.74) is 3.34. The van der Waals surface area contributed by atoms with Crippen molar-refractivity contribution in [3.8, 4) is 17.2 Å². The van der Waals surface area contributed by atoms with Crippen LogP contribution in [0.3, 0.4) is 0 Å². The zero-order chi connectivity index (χ0) is 22.2. The van der Waals surface area contributed by atoms with Crippen LogP contribution in [0.25, 0.3) is 16.6 Å². The van der Waals surface area contributed by atoms with Crippen LogP contribution in [-0.4, -0.2) is 20.5 Å². The lowest BCUT2D eigenvalue weighted by Gasteiger charge is -2.10.